The molecular weight excluding hydrogens is 431 g/mol. The molecule has 0 saturated carbocycles. The smallest absolute Gasteiger partial charge is 0.407 e. The fraction of sp³-hybridized carbons (Fsp3) is 0.556. The van der Waals surface area contributed by atoms with E-state index in [9.17, 15) is 4.79 Å². The van der Waals surface area contributed by atoms with E-state index in [1.807, 2.05) is 33.8 Å². The van der Waals surface area contributed by atoms with Crippen molar-refractivity contribution in [1.82, 2.24) is 16.0 Å². The molecule has 142 valence electrons. The highest BCUT2D eigenvalue weighted by molar-refractivity contribution is 14.0. The van der Waals surface area contributed by atoms with E-state index >= 15 is 0 Å². The summed E-state index contributed by atoms with van der Waals surface area (Å²) in [6, 6.07) is 8.28. The first-order valence-corrected chi connectivity index (χ1v) is 8.34. The van der Waals surface area contributed by atoms with Crippen LogP contribution in [0.15, 0.2) is 29.3 Å². The molecule has 3 N–H and O–H groups in total. The fourth-order valence-corrected chi connectivity index (χ4v) is 1.98. The molecule has 1 amide bonds. The summed E-state index contributed by atoms with van der Waals surface area (Å²) in [6.45, 7) is 12.0. The third kappa shape index (κ3) is 11.6. The second-order valence-electron chi connectivity index (χ2n) is 6.54. The molecule has 0 aliphatic rings. The van der Waals surface area contributed by atoms with Crippen molar-refractivity contribution in [3.63, 3.8) is 0 Å². The molecule has 1 aromatic rings. The molecule has 0 unspecified atom stereocenters. The van der Waals surface area contributed by atoms with Gasteiger partial charge in [0.15, 0.2) is 5.96 Å². The molecule has 0 atom stereocenters. The Balaban J connectivity index is 0.00000576. The van der Waals surface area contributed by atoms with E-state index in [2.05, 4.69) is 46.1 Å². The van der Waals surface area contributed by atoms with E-state index in [4.69, 9.17) is 4.74 Å². The lowest BCUT2D eigenvalue weighted by Crippen LogP contribution is -2.42. The van der Waals surface area contributed by atoms with E-state index in [1.165, 1.54) is 11.1 Å². The van der Waals surface area contributed by atoms with Crippen LogP contribution in [0.2, 0.25) is 0 Å². The number of benzene rings is 1. The highest BCUT2D eigenvalue weighted by atomic mass is 127. The topological polar surface area (TPSA) is 74.8 Å². The van der Waals surface area contributed by atoms with Crippen LogP contribution in [-0.4, -0.2) is 37.3 Å². The molecule has 0 heterocycles. The Morgan fingerprint density at radius 3 is 2.44 bits per heavy atom. The first-order valence-electron chi connectivity index (χ1n) is 8.34. The SMILES string of the molecule is CCNC(=NCc1cccc(C)c1)NCCNC(=O)OC(C)(C)C.I. The molecule has 0 aliphatic carbocycles. The minimum Gasteiger partial charge on any atom is -0.444 e. The molecule has 0 fully saturated rings. The van der Waals surface area contributed by atoms with E-state index in [0.29, 0.717) is 19.6 Å². The maximum absolute atomic E-state index is 11.6. The van der Waals surface area contributed by atoms with Crippen LogP contribution < -0.4 is 16.0 Å². The molecule has 7 heteroatoms. The molecule has 6 nitrogen and oxygen atoms in total. The number of carbonyl (C=O) groups excluding carboxylic acids is 1. The van der Waals surface area contributed by atoms with Gasteiger partial charge < -0.3 is 20.7 Å². The predicted molar refractivity (Wildman–Crippen MR) is 114 cm³/mol. The van der Waals surface area contributed by atoms with Crippen LogP contribution in [0.25, 0.3) is 0 Å². The molecule has 1 rings (SSSR count). The Morgan fingerprint density at radius 2 is 1.84 bits per heavy atom. The quantitative estimate of drug-likeness (QED) is 0.263. The van der Waals surface area contributed by atoms with Crippen molar-refractivity contribution in [2.24, 2.45) is 4.99 Å². The normalized spacial score (nSPS) is 11.3. The van der Waals surface area contributed by atoms with Gasteiger partial charge in [0.25, 0.3) is 0 Å². The molecule has 0 aromatic heterocycles. The van der Waals surface area contributed by atoms with Gasteiger partial charge in [-0.25, -0.2) is 9.79 Å². The number of guanidine groups is 1. The van der Waals surface area contributed by atoms with Gasteiger partial charge in [0.1, 0.15) is 5.60 Å². The van der Waals surface area contributed by atoms with Crippen molar-refractivity contribution < 1.29 is 9.53 Å². The number of carbonyl (C=O) groups is 1. The molecule has 0 radical (unpaired) electrons. The zero-order valence-corrected chi connectivity index (χ0v) is 18.1. The lowest BCUT2D eigenvalue weighted by Gasteiger charge is -2.19. The lowest BCUT2D eigenvalue weighted by atomic mass is 10.1. The van der Waals surface area contributed by atoms with Gasteiger partial charge in [0, 0.05) is 19.6 Å². The maximum atomic E-state index is 11.6. The number of rotatable bonds is 6. The number of ether oxygens (including phenoxy) is 1. The minimum absolute atomic E-state index is 0. The summed E-state index contributed by atoms with van der Waals surface area (Å²) in [5.41, 5.74) is 1.91. The van der Waals surface area contributed by atoms with Crippen molar-refractivity contribution >= 4 is 36.0 Å². The third-order valence-corrected chi connectivity index (χ3v) is 2.93. The molecular formula is C18H31IN4O2. The number of aliphatic imine (C=N–C) groups is 1. The first kappa shape index (κ1) is 23.5. The molecule has 25 heavy (non-hydrogen) atoms. The summed E-state index contributed by atoms with van der Waals surface area (Å²) in [7, 11) is 0. The van der Waals surface area contributed by atoms with Crippen LogP contribution in [0.5, 0.6) is 0 Å². The fourth-order valence-electron chi connectivity index (χ4n) is 1.98. The van der Waals surface area contributed by atoms with Crippen molar-refractivity contribution in [3.8, 4) is 0 Å². The number of halogens is 1. The van der Waals surface area contributed by atoms with E-state index in [0.717, 1.165) is 12.5 Å². The van der Waals surface area contributed by atoms with E-state index in [-0.39, 0.29) is 24.0 Å². The summed E-state index contributed by atoms with van der Waals surface area (Å²) in [5.74, 6) is 0.727. The van der Waals surface area contributed by atoms with E-state index < -0.39 is 11.7 Å². The Kier molecular flexibility index (Phi) is 11.2. The number of hydrogen-bond acceptors (Lipinski definition) is 3. The Hall–Kier alpha value is -1.51. The van der Waals surface area contributed by atoms with Crippen LogP contribution in [0.1, 0.15) is 38.8 Å². The molecule has 0 bridgehead atoms. The summed E-state index contributed by atoms with van der Waals surface area (Å²) < 4.78 is 5.19. The predicted octanol–water partition coefficient (Wildman–Crippen LogP) is 3.19. The summed E-state index contributed by atoms with van der Waals surface area (Å²) in [5, 5.41) is 9.09. The highest BCUT2D eigenvalue weighted by Gasteiger charge is 2.15. The monoisotopic (exact) mass is 462 g/mol. The number of hydrogen-bond donors (Lipinski definition) is 3. The van der Waals surface area contributed by atoms with Gasteiger partial charge in [-0.05, 0) is 40.2 Å². The number of alkyl carbamates (subject to hydrolysis) is 1. The Morgan fingerprint density at radius 1 is 1.16 bits per heavy atom. The zero-order chi connectivity index (χ0) is 18.0. The van der Waals surface area contributed by atoms with Gasteiger partial charge >= 0.3 is 6.09 Å². The largest absolute Gasteiger partial charge is 0.444 e. The van der Waals surface area contributed by atoms with Gasteiger partial charge in [-0.2, -0.15) is 0 Å². The average molecular weight is 462 g/mol. The van der Waals surface area contributed by atoms with Gasteiger partial charge in [0.05, 0.1) is 6.54 Å². The summed E-state index contributed by atoms with van der Waals surface area (Å²) >= 11 is 0. The van der Waals surface area contributed by atoms with Crippen LogP contribution in [0.4, 0.5) is 4.79 Å². The molecule has 0 saturated heterocycles. The van der Waals surface area contributed by atoms with Gasteiger partial charge in [-0.15, -0.1) is 24.0 Å². The summed E-state index contributed by atoms with van der Waals surface area (Å²) in [4.78, 5) is 16.1. The highest BCUT2D eigenvalue weighted by Crippen LogP contribution is 2.06. The van der Waals surface area contributed by atoms with Crippen molar-refractivity contribution in [2.75, 3.05) is 19.6 Å². The zero-order valence-electron chi connectivity index (χ0n) is 15.8. The van der Waals surface area contributed by atoms with Crippen LogP contribution >= 0.6 is 24.0 Å². The average Bonchev–Trinajstić information content (AvgIpc) is 2.47. The Labute approximate surface area is 168 Å². The van der Waals surface area contributed by atoms with Gasteiger partial charge in [-0.1, -0.05) is 29.8 Å². The van der Waals surface area contributed by atoms with Crippen LogP contribution in [-0.2, 0) is 11.3 Å². The third-order valence-electron chi connectivity index (χ3n) is 2.93. The van der Waals surface area contributed by atoms with Crippen molar-refractivity contribution in [2.45, 2.75) is 46.8 Å². The van der Waals surface area contributed by atoms with Crippen LogP contribution in [0, 0.1) is 6.92 Å². The second-order valence-corrected chi connectivity index (χ2v) is 6.54. The minimum atomic E-state index is -0.484. The first-order chi connectivity index (χ1) is 11.3. The lowest BCUT2D eigenvalue weighted by molar-refractivity contribution is 0.0529. The van der Waals surface area contributed by atoms with E-state index in [1.54, 1.807) is 0 Å². The maximum Gasteiger partial charge on any atom is 0.407 e. The summed E-state index contributed by atoms with van der Waals surface area (Å²) in [6.07, 6.45) is -0.411. The number of aryl methyl sites for hydroxylation is 1. The van der Waals surface area contributed by atoms with Gasteiger partial charge in [0.2, 0.25) is 0 Å². The second kappa shape index (κ2) is 11.9. The number of amides is 1. The molecule has 0 aliphatic heterocycles. The Bertz CT molecular complexity index is 556. The van der Waals surface area contributed by atoms with Crippen molar-refractivity contribution in [1.29, 1.82) is 0 Å². The van der Waals surface area contributed by atoms with Gasteiger partial charge in [-0.3, -0.25) is 0 Å². The molecule has 0 spiro atoms. The van der Waals surface area contributed by atoms with Crippen molar-refractivity contribution in [3.05, 3.63) is 35.4 Å². The standard InChI is InChI=1S/C18H30N4O2.HI/c1-6-19-16(22-13-15-9-7-8-14(2)12-15)20-10-11-21-17(23)24-18(3,4)5;/h7-9,12H,6,10-11,13H2,1-5H3,(H,21,23)(H2,19,20,22);1H. The molecule has 1 aromatic carbocycles. The number of nitrogens with zero attached hydrogens (tertiary/aromatic N) is 1. The number of nitrogens with one attached hydrogen (secondary N) is 3. The van der Waals surface area contributed by atoms with Crippen LogP contribution in [0.3, 0.4) is 0 Å².